The average molecular weight is 305 g/mol. The van der Waals surface area contributed by atoms with Crippen molar-refractivity contribution in [3.05, 3.63) is 35.6 Å². The lowest BCUT2D eigenvalue weighted by Crippen LogP contribution is -3.12. The fourth-order valence-corrected chi connectivity index (χ4v) is 3.81. The predicted molar refractivity (Wildman–Crippen MR) is 84.0 cm³/mol. The number of carbonyl (C=O) groups is 1. The SMILES string of the molecule is O=C([C@H]1CCC[NH+](Cc2ccccc2F)C1)N1CCCCC1. The van der Waals surface area contributed by atoms with Gasteiger partial charge in [-0.15, -0.1) is 0 Å². The van der Waals surface area contributed by atoms with Crippen LogP contribution in [0.5, 0.6) is 0 Å². The molecule has 2 aliphatic rings. The molecular formula is C18H26FN2O+. The van der Waals surface area contributed by atoms with Crippen molar-refractivity contribution in [2.75, 3.05) is 26.2 Å². The predicted octanol–water partition coefficient (Wildman–Crippen LogP) is 1.63. The van der Waals surface area contributed by atoms with E-state index in [1.165, 1.54) is 17.4 Å². The average Bonchev–Trinajstić information content (AvgIpc) is 2.57. The third-order valence-electron chi connectivity index (χ3n) is 5.03. The molecule has 1 N–H and O–H groups in total. The van der Waals surface area contributed by atoms with Crippen LogP contribution in [0.4, 0.5) is 4.39 Å². The molecule has 22 heavy (non-hydrogen) atoms. The van der Waals surface area contributed by atoms with Gasteiger partial charge in [-0.05, 0) is 38.2 Å². The number of piperidine rings is 2. The zero-order valence-electron chi connectivity index (χ0n) is 13.2. The van der Waals surface area contributed by atoms with Crippen LogP contribution in [0.3, 0.4) is 0 Å². The molecule has 1 aromatic carbocycles. The van der Waals surface area contributed by atoms with E-state index in [0.717, 1.165) is 57.4 Å². The summed E-state index contributed by atoms with van der Waals surface area (Å²) in [5.74, 6) is 0.346. The number of nitrogens with one attached hydrogen (secondary N) is 1. The minimum Gasteiger partial charge on any atom is -0.342 e. The first kappa shape index (κ1) is 15.5. The van der Waals surface area contributed by atoms with Gasteiger partial charge in [-0.1, -0.05) is 18.2 Å². The highest BCUT2D eigenvalue weighted by atomic mass is 19.1. The number of halogens is 1. The van der Waals surface area contributed by atoms with Gasteiger partial charge < -0.3 is 9.80 Å². The fraction of sp³-hybridized carbons (Fsp3) is 0.611. The number of hydrogen-bond donors (Lipinski definition) is 1. The molecule has 2 saturated heterocycles. The Morgan fingerprint density at radius 3 is 2.73 bits per heavy atom. The van der Waals surface area contributed by atoms with Crippen molar-refractivity contribution in [3.63, 3.8) is 0 Å². The van der Waals surface area contributed by atoms with E-state index in [1.807, 2.05) is 12.1 Å². The Hall–Kier alpha value is -1.42. The zero-order valence-corrected chi connectivity index (χ0v) is 13.2. The summed E-state index contributed by atoms with van der Waals surface area (Å²) < 4.78 is 13.8. The Labute approximate surface area is 132 Å². The number of amides is 1. The first-order valence-electron chi connectivity index (χ1n) is 8.60. The second-order valence-corrected chi connectivity index (χ2v) is 6.70. The first-order valence-corrected chi connectivity index (χ1v) is 8.60. The van der Waals surface area contributed by atoms with Gasteiger partial charge in [-0.3, -0.25) is 4.79 Å². The van der Waals surface area contributed by atoms with E-state index in [4.69, 9.17) is 0 Å². The topological polar surface area (TPSA) is 24.8 Å². The normalized spacial score (nSPS) is 26.0. The highest BCUT2D eigenvalue weighted by molar-refractivity contribution is 5.79. The lowest BCUT2D eigenvalue weighted by molar-refractivity contribution is -0.921. The van der Waals surface area contributed by atoms with Gasteiger partial charge in [0.2, 0.25) is 5.91 Å². The van der Waals surface area contributed by atoms with Gasteiger partial charge in [0.25, 0.3) is 0 Å². The molecule has 3 nitrogen and oxygen atoms in total. The number of quaternary nitrogens is 1. The van der Waals surface area contributed by atoms with Crippen molar-refractivity contribution in [2.24, 2.45) is 5.92 Å². The minimum absolute atomic E-state index is 0.125. The molecule has 0 bridgehead atoms. The molecule has 4 heteroatoms. The molecule has 120 valence electrons. The van der Waals surface area contributed by atoms with Crippen LogP contribution >= 0.6 is 0 Å². The van der Waals surface area contributed by atoms with Crippen LogP contribution in [0, 0.1) is 11.7 Å². The molecule has 0 aromatic heterocycles. The molecule has 3 rings (SSSR count). The van der Waals surface area contributed by atoms with Crippen LogP contribution in [-0.4, -0.2) is 37.0 Å². The van der Waals surface area contributed by atoms with Crippen LogP contribution in [0.1, 0.15) is 37.7 Å². The van der Waals surface area contributed by atoms with Gasteiger partial charge >= 0.3 is 0 Å². The van der Waals surface area contributed by atoms with Gasteiger partial charge in [-0.2, -0.15) is 0 Å². The Morgan fingerprint density at radius 1 is 1.18 bits per heavy atom. The minimum atomic E-state index is -0.125. The van der Waals surface area contributed by atoms with Gasteiger partial charge in [-0.25, -0.2) is 4.39 Å². The van der Waals surface area contributed by atoms with Gasteiger partial charge in [0.1, 0.15) is 12.4 Å². The Bertz CT molecular complexity index is 514. The first-order chi connectivity index (χ1) is 10.7. The van der Waals surface area contributed by atoms with Crippen molar-refractivity contribution in [2.45, 2.75) is 38.6 Å². The molecule has 0 aliphatic carbocycles. The number of hydrogen-bond acceptors (Lipinski definition) is 1. The number of rotatable bonds is 3. The molecule has 1 unspecified atom stereocenters. The van der Waals surface area contributed by atoms with Crippen molar-refractivity contribution >= 4 is 5.91 Å². The maximum Gasteiger partial charge on any atom is 0.231 e. The Morgan fingerprint density at radius 2 is 1.95 bits per heavy atom. The van der Waals surface area contributed by atoms with Crippen LogP contribution in [0.25, 0.3) is 0 Å². The third kappa shape index (κ3) is 3.67. The molecule has 2 aliphatic heterocycles. The fourth-order valence-electron chi connectivity index (χ4n) is 3.81. The van der Waals surface area contributed by atoms with Crippen LogP contribution < -0.4 is 4.90 Å². The van der Waals surface area contributed by atoms with Crippen molar-refractivity contribution in [3.8, 4) is 0 Å². The Balaban J connectivity index is 1.59. The maximum atomic E-state index is 13.8. The van der Waals surface area contributed by atoms with E-state index in [2.05, 4.69) is 4.90 Å². The summed E-state index contributed by atoms with van der Waals surface area (Å²) in [6, 6.07) is 7.00. The lowest BCUT2D eigenvalue weighted by atomic mass is 9.95. The van der Waals surface area contributed by atoms with Crippen LogP contribution in [-0.2, 0) is 11.3 Å². The van der Waals surface area contributed by atoms with Gasteiger partial charge in [0.05, 0.1) is 19.0 Å². The number of likely N-dealkylation sites (tertiary alicyclic amines) is 2. The van der Waals surface area contributed by atoms with E-state index >= 15 is 0 Å². The number of carbonyl (C=O) groups excluding carboxylic acids is 1. The Kier molecular flexibility index (Phi) is 5.08. The summed E-state index contributed by atoms with van der Waals surface area (Å²) in [5, 5.41) is 0. The lowest BCUT2D eigenvalue weighted by Gasteiger charge is -2.34. The highest BCUT2D eigenvalue weighted by Gasteiger charge is 2.32. The van der Waals surface area contributed by atoms with Crippen molar-refractivity contribution in [1.82, 2.24) is 4.90 Å². The summed E-state index contributed by atoms with van der Waals surface area (Å²) in [6.07, 6.45) is 5.59. The molecule has 2 heterocycles. The summed E-state index contributed by atoms with van der Waals surface area (Å²) in [6.45, 7) is 4.44. The monoisotopic (exact) mass is 305 g/mol. The second kappa shape index (κ2) is 7.23. The standard InChI is InChI=1S/C18H25FN2O/c19-17-9-3-2-7-15(17)13-20-10-6-8-16(14-20)18(22)21-11-4-1-5-12-21/h2-3,7,9,16H,1,4-6,8,10-14H2/p+1/t16-/m0/s1. The smallest absolute Gasteiger partial charge is 0.231 e. The zero-order chi connectivity index (χ0) is 15.4. The second-order valence-electron chi connectivity index (χ2n) is 6.70. The maximum absolute atomic E-state index is 13.8. The molecule has 0 saturated carbocycles. The van der Waals surface area contributed by atoms with Gasteiger partial charge in [0.15, 0.2) is 0 Å². The van der Waals surface area contributed by atoms with Crippen LogP contribution in [0.15, 0.2) is 24.3 Å². The van der Waals surface area contributed by atoms with Gasteiger partial charge in [0, 0.05) is 18.7 Å². The summed E-state index contributed by atoms with van der Waals surface area (Å²) >= 11 is 0. The molecule has 1 aromatic rings. The van der Waals surface area contributed by atoms with E-state index in [-0.39, 0.29) is 11.7 Å². The third-order valence-corrected chi connectivity index (χ3v) is 5.03. The molecule has 2 fully saturated rings. The molecule has 0 radical (unpaired) electrons. The summed E-state index contributed by atoms with van der Waals surface area (Å²) in [5.41, 5.74) is 0.767. The highest BCUT2D eigenvalue weighted by Crippen LogP contribution is 2.16. The van der Waals surface area contributed by atoms with E-state index in [9.17, 15) is 9.18 Å². The summed E-state index contributed by atoms with van der Waals surface area (Å²) in [7, 11) is 0. The van der Waals surface area contributed by atoms with Crippen molar-refractivity contribution in [1.29, 1.82) is 0 Å². The van der Waals surface area contributed by atoms with E-state index in [1.54, 1.807) is 6.07 Å². The van der Waals surface area contributed by atoms with Crippen LogP contribution in [0.2, 0.25) is 0 Å². The quantitative estimate of drug-likeness (QED) is 0.902. The molecule has 2 atom stereocenters. The molecule has 1 amide bonds. The molecular weight excluding hydrogens is 279 g/mol. The summed E-state index contributed by atoms with van der Waals surface area (Å²) in [4.78, 5) is 16.1. The largest absolute Gasteiger partial charge is 0.342 e. The van der Waals surface area contributed by atoms with Crippen molar-refractivity contribution < 1.29 is 14.1 Å². The number of nitrogens with zero attached hydrogens (tertiary/aromatic N) is 1. The molecule has 0 spiro atoms. The number of benzene rings is 1. The van der Waals surface area contributed by atoms with E-state index < -0.39 is 0 Å². The van der Waals surface area contributed by atoms with E-state index in [0.29, 0.717) is 12.5 Å².